The van der Waals surface area contributed by atoms with E-state index in [2.05, 4.69) is 10.00 Å². The fourth-order valence-electron chi connectivity index (χ4n) is 4.26. The van der Waals surface area contributed by atoms with E-state index < -0.39 is 10.0 Å². The maximum Gasteiger partial charge on any atom is 0.211 e. The van der Waals surface area contributed by atoms with Crippen molar-refractivity contribution in [1.29, 1.82) is 0 Å². The number of nitrogens with zero attached hydrogens (tertiary/aromatic N) is 5. The second-order valence-corrected chi connectivity index (χ2v) is 9.68. The Hall–Kier alpha value is -2.72. The molecule has 2 aromatic heterocycles. The average molecular weight is 431 g/mol. The van der Waals surface area contributed by atoms with E-state index in [-0.39, 0.29) is 31.6 Å². The molecule has 4 heterocycles. The summed E-state index contributed by atoms with van der Waals surface area (Å²) in [5.41, 5.74) is 2.10. The van der Waals surface area contributed by atoms with Crippen molar-refractivity contribution in [1.82, 2.24) is 18.9 Å². The van der Waals surface area contributed by atoms with Crippen molar-refractivity contribution in [3.8, 4) is 5.75 Å². The summed E-state index contributed by atoms with van der Waals surface area (Å²) in [6, 6.07) is 6.32. The van der Waals surface area contributed by atoms with Crippen molar-refractivity contribution in [3.05, 3.63) is 53.6 Å². The molecule has 0 radical (unpaired) electrons. The highest BCUT2D eigenvalue weighted by Crippen LogP contribution is 2.40. The van der Waals surface area contributed by atoms with Gasteiger partial charge in [0.15, 0.2) is 5.65 Å². The third-order valence-corrected chi connectivity index (χ3v) is 6.97. The van der Waals surface area contributed by atoms with E-state index >= 15 is 0 Å². The van der Waals surface area contributed by atoms with E-state index in [1.165, 1.54) is 22.7 Å². The lowest BCUT2D eigenvalue weighted by Crippen LogP contribution is -2.33. The van der Waals surface area contributed by atoms with Crippen LogP contribution < -0.4 is 9.64 Å². The number of hydrogen-bond donors (Lipinski definition) is 0. The first-order valence-corrected chi connectivity index (χ1v) is 11.7. The lowest BCUT2D eigenvalue weighted by molar-refractivity contribution is 0.267. The number of aromatic nitrogens is 3. The predicted octanol–water partition coefficient (Wildman–Crippen LogP) is 2.36. The van der Waals surface area contributed by atoms with E-state index in [9.17, 15) is 12.8 Å². The molecule has 8 nitrogen and oxygen atoms in total. The van der Waals surface area contributed by atoms with Crippen LogP contribution in [0.15, 0.2) is 36.7 Å². The number of sulfonamides is 1. The van der Waals surface area contributed by atoms with E-state index in [1.807, 2.05) is 12.3 Å². The smallest absolute Gasteiger partial charge is 0.211 e. The Morgan fingerprint density at radius 3 is 2.93 bits per heavy atom. The van der Waals surface area contributed by atoms with Gasteiger partial charge in [-0.05, 0) is 37.1 Å². The Kier molecular flexibility index (Phi) is 4.62. The molecule has 1 fully saturated rings. The molecule has 3 aromatic rings. The quantitative estimate of drug-likeness (QED) is 0.589. The molecule has 2 bridgehead atoms. The summed E-state index contributed by atoms with van der Waals surface area (Å²) in [6.45, 7) is 1.28. The molecule has 1 unspecified atom stereocenters. The molecule has 2 aliphatic rings. The Bertz CT molecular complexity index is 1210. The summed E-state index contributed by atoms with van der Waals surface area (Å²) in [5.74, 6) is 1.00. The van der Waals surface area contributed by atoms with Crippen molar-refractivity contribution < 1.29 is 17.5 Å². The number of halogens is 1. The van der Waals surface area contributed by atoms with Gasteiger partial charge < -0.3 is 9.64 Å². The fourth-order valence-corrected chi connectivity index (χ4v) is 5.04. The lowest BCUT2D eigenvalue weighted by Gasteiger charge is -2.27. The van der Waals surface area contributed by atoms with Crippen LogP contribution in [0, 0.1) is 5.82 Å². The molecule has 1 atom stereocenters. The number of benzene rings is 1. The Balaban J connectivity index is 1.67. The monoisotopic (exact) mass is 431 g/mol. The molecule has 0 spiro atoms. The van der Waals surface area contributed by atoms with Crippen LogP contribution in [0.1, 0.15) is 30.0 Å². The van der Waals surface area contributed by atoms with E-state index in [0.29, 0.717) is 11.4 Å². The first kappa shape index (κ1) is 19.3. The van der Waals surface area contributed by atoms with Gasteiger partial charge in [0.05, 0.1) is 18.5 Å². The van der Waals surface area contributed by atoms with E-state index in [4.69, 9.17) is 9.72 Å². The molecule has 0 aliphatic carbocycles. The highest BCUT2D eigenvalue weighted by atomic mass is 32.2. The maximum atomic E-state index is 14.1. The second-order valence-electron chi connectivity index (χ2n) is 7.70. The van der Waals surface area contributed by atoms with Gasteiger partial charge in [-0.1, -0.05) is 0 Å². The van der Waals surface area contributed by atoms with Crippen LogP contribution in [0.5, 0.6) is 5.75 Å². The molecular weight excluding hydrogens is 409 g/mol. The third kappa shape index (κ3) is 3.39. The zero-order valence-electron chi connectivity index (χ0n) is 16.5. The Morgan fingerprint density at radius 2 is 2.10 bits per heavy atom. The van der Waals surface area contributed by atoms with Gasteiger partial charge in [-0.2, -0.15) is 9.40 Å². The summed E-state index contributed by atoms with van der Waals surface area (Å²) in [7, 11) is -3.47. The first-order valence-electron chi connectivity index (χ1n) is 9.87. The van der Waals surface area contributed by atoms with Crippen LogP contribution >= 0.6 is 0 Å². The maximum absolute atomic E-state index is 14.1. The molecule has 30 heavy (non-hydrogen) atoms. The normalized spacial score (nSPS) is 20.2. The van der Waals surface area contributed by atoms with Gasteiger partial charge in [0, 0.05) is 37.0 Å². The molecule has 0 N–H and O–H groups in total. The minimum Gasteiger partial charge on any atom is -0.492 e. The van der Waals surface area contributed by atoms with Gasteiger partial charge >= 0.3 is 0 Å². The summed E-state index contributed by atoms with van der Waals surface area (Å²) in [4.78, 5) is 6.96. The van der Waals surface area contributed by atoms with Crippen molar-refractivity contribution in [2.75, 3.05) is 30.9 Å². The van der Waals surface area contributed by atoms with Gasteiger partial charge in [-0.3, -0.25) is 0 Å². The first-order chi connectivity index (χ1) is 14.4. The molecule has 0 amide bonds. The number of rotatable bonds is 1. The standard InChI is InChI=1S/C20H22FN5O3S/c1-30(27,28)24-9-10-29-18-5-4-15(21)11-16(18)17-3-2-7-25(17)19-6-8-26-20(23-19)14(13-24)12-22-26/h4-6,8,11-12,17H,2-3,7,9-10,13H2,1H3. The minimum atomic E-state index is -3.47. The van der Waals surface area contributed by atoms with Crippen LogP contribution in [-0.4, -0.2) is 53.3 Å². The minimum absolute atomic E-state index is 0.0659. The number of ether oxygens (including phenoxy) is 1. The highest BCUT2D eigenvalue weighted by Gasteiger charge is 2.31. The van der Waals surface area contributed by atoms with Crippen LogP contribution in [0.4, 0.5) is 10.2 Å². The fraction of sp³-hybridized carbons (Fsp3) is 0.400. The van der Waals surface area contributed by atoms with Crippen LogP contribution in [0.25, 0.3) is 5.65 Å². The molecule has 158 valence electrons. The van der Waals surface area contributed by atoms with Crippen LogP contribution in [0.3, 0.4) is 0 Å². The van der Waals surface area contributed by atoms with Crippen molar-refractivity contribution in [2.24, 2.45) is 0 Å². The Morgan fingerprint density at radius 1 is 1.23 bits per heavy atom. The van der Waals surface area contributed by atoms with Gasteiger partial charge in [0.25, 0.3) is 0 Å². The number of hydrogen-bond acceptors (Lipinski definition) is 6. The summed E-state index contributed by atoms with van der Waals surface area (Å²) in [5, 5.41) is 4.32. The van der Waals surface area contributed by atoms with Crippen molar-refractivity contribution in [3.63, 3.8) is 0 Å². The van der Waals surface area contributed by atoms with Crippen LogP contribution in [-0.2, 0) is 16.6 Å². The summed E-state index contributed by atoms with van der Waals surface area (Å²) >= 11 is 0. The largest absolute Gasteiger partial charge is 0.492 e. The number of anilines is 1. The molecular formula is C20H22FN5O3S. The van der Waals surface area contributed by atoms with E-state index in [0.717, 1.165) is 36.3 Å². The van der Waals surface area contributed by atoms with Crippen molar-refractivity contribution in [2.45, 2.75) is 25.4 Å². The molecule has 1 aromatic carbocycles. The Labute approximate surface area is 173 Å². The van der Waals surface area contributed by atoms with Crippen molar-refractivity contribution >= 4 is 21.5 Å². The highest BCUT2D eigenvalue weighted by molar-refractivity contribution is 7.88. The summed E-state index contributed by atoms with van der Waals surface area (Å²) < 4.78 is 47.8. The third-order valence-electron chi connectivity index (χ3n) is 5.72. The number of fused-ring (bicyclic) bond motifs is 5. The van der Waals surface area contributed by atoms with Gasteiger partial charge in [-0.15, -0.1) is 0 Å². The lowest BCUT2D eigenvalue weighted by atomic mass is 10.0. The molecule has 1 saturated heterocycles. The SMILES string of the molecule is CS(=O)(=O)N1CCOc2ccc(F)cc2C2CCCN2c2ccn3ncc(c3n2)C1. The zero-order chi connectivity index (χ0) is 20.9. The molecule has 0 saturated carbocycles. The zero-order valence-corrected chi connectivity index (χ0v) is 17.3. The predicted molar refractivity (Wildman–Crippen MR) is 109 cm³/mol. The topological polar surface area (TPSA) is 80.0 Å². The van der Waals surface area contributed by atoms with Gasteiger partial charge in [-0.25, -0.2) is 22.3 Å². The molecule has 2 aliphatic heterocycles. The molecule has 5 rings (SSSR count). The van der Waals surface area contributed by atoms with Crippen LogP contribution in [0.2, 0.25) is 0 Å². The molecule has 10 heteroatoms. The second kappa shape index (κ2) is 7.21. The summed E-state index contributed by atoms with van der Waals surface area (Å²) in [6.07, 6.45) is 6.46. The van der Waals surface area contributed by atoms with Gasteiger partial charge in [0.2, 0.25) is 10.0 Å². The van der Waals surface area contributed by atoms with E-state index in [1.54, 1.807) is 16.8 Å². The van der Waals surface area contributed by atoms with Gasteiger partial charge in [0.1, 0.15) is 24.0 Å². The average Bonchev–Trinajstić information content (AvgIpc) is 3.33.